The van der Waals surface area contributed by atoms with E-state index in [9.17, 15) is 9.59 Å². The Balaban J connectivity index is 2.92. The van der Waals surface area contributed by atoms with Crippen LogP contribution in [-0.4, -0.2) is 19.4 Å². The highest BCUT2D eigenvalue weighted by atomic mass is 16.5. The van der Waals surface area contributed by atoms with Gasteiger partial charge in [-0.1, -0.05) is 43.3 Å². The van der Waals surface area contributed by atoms with Gasteiger partial charge in [0.2, 0.25) is 0 Å². The second-order valence-electron chi connectivity index (χ2n) is 4.20. The molecule has 0 aliphatic rings. The summed E-state index contributed by atoms with van der Waals surface area (Å²) < 4.78 is 4.58. The van der Waals surface area contributed by atoms with E-state index in [4.69, 9.17) is 0 Å². The average Bonchev–Trinajstić information content (AvgIpc) is 2.40. The van der Waals surface area contributed by atoms with Crippen LogP contribution in [0, 0.1) is 5.92 Å². The summed E-state index contributed by atoms with van der Waals surface area (Å²) in [5, 5.41) is 0. The van der Waals surface area contributed by atoms with Crippen molar-refractivity contribution >= 4 is 12.3 Å². The Kier molecular flexibility index (Phi) is 5.85. The number of methoxy groups -OCH3 is 1. The van der Waals surface area contributed by atoms with Gasteiger partial charge in [-0.25, -0.2) is 4.79 Å². The van der Waals surface area contributed by atoms with Gasteiger partial charge in [-0.05, 0) is 11.5 Å². The smallest absolute Gasteiger partial charge is 0.330 e. The fourth-order valence-corrected chi connectivity index (χ4v) is 1.85. The van der Waals surface area contributed by atoms with Crippen LogP contribution in [-0.2, 0) is 14.3 Å². The Hall–Kier alpha value is -1.90. The summed E-state index contributed by atoms with van der Waals surface area (Å²) in [5.41, 5.74) is 1.09. The van der Waals surface area contributed by atoms with Crippen molar-refractivity contribution in [1.82, 2.24) is 0 Å². The van der Waals surface area contributed by atoms with Crippen molar-refractivity contribution < 1.29 is 14.3 Å². The SMILES string of the molecule is COC(=O)/C=C/[C@H](c1ccccc1)[C@H](C)CC=O. The molecule has 1 aromatic carbocycles. The number of aldehydes is 1. The lowest BCUT2D eigenvalue weighted by atomic mass is 9.85. The molecular weight excluding hydrogens is 228 g/mol. The number of rotatable bonds is 6. The first kappa shape index (κ1) is 14.2. The van der Waals surface area contributed by atoms with Crippen molar-refractivity contribution in [2.75, 3.05) is 7.11 Å². The Morgan fingerprint density at radius 2 is 2.00 bits per heavy atom. The molecule has 1 rings (SSSR count). The van der Waals surface area contributed by atoms with E-state index in [1.165, 1.54) is 13.2 Å². The van der Waals surface area contributed by atoms with Crippen LogP contribution in [0.1, 0.15) is 24.8 Å². The molecule has 0 radical (unpaired) electrons. The molecule has 96 valence electrons. The van der Waals surface area contributed by atoms with Gasteiger partial charge in [0.1, 0.15) is 6.29 Å². The van der Waals surface area contributed by atoms with Gasteiger partial charge in [0.05, 0.1) is 7.11 Å². The minimum Gasteiger partial charge on any atom is -0.466 e. The Morgan fingerprint density at radius 3 is 2.56 bits per heavy atom. The van der Waals surface area contributed by atoms with Crippen LogP contribution in [0.15, 0.2) is 42.5 Å². The van der Waals surface area contributed by atoms with E-state index >= 15 is 0 Å². The van der Waals surface area contributed by atoms with Crippen LogP contribution in [0.2, 0.25) is 0 Å². The fraction of sp³-hybridized carbons (Fsp3) is 0.333. The molecule has 0 aliphatic carbocycles. The quantitative estimate of drug-likeness (QED) is 0.440. The van der Waals surface area contributed by atoms with Gasteiger partial charge >= 0.3 is 5.97 Å². The number of ether oxygens (including phenoxy) is 1. The van der Waals surface area contributed by atoms with Gasteiger partial charge in [0.15, 0.2) is 0 Å². The highest BCUT2D eigenvalue weighted by Crippen LogP contribution is 2.27. The van der Waals surface area contributed by atoms with Crippen molar-refractivity contribution in [2.45, 2.75) is 19.3 Å². The van der Waals surface area contributed by atoms with Crippen LogP contribution >= 0.6 is 0 Å². The summed E-state index contributed by atoms with van der Waals surface area (Å²) in [6.45, 7) is 1.99. The molecular formula is C15H18O3. The summed E-state index contributed by atoms with van der Waals surface area (Å²) in [5.74, 6) is -0.199. The molecule has 1 aromatic rings. The minimum absolute atomic E-state index is 0.0375. The summed E-state index contributed by atoms with van der Waals surface area (Å²) in [7, 11) is 1.35. The molecule has 18 heavy (non-hydrogen) atoms. The van der Waals surface area contributed by atoms with Crippen molar-refractivity contribution in [2.24, 2.45) is 5.92 Å². The summed E-state index contributed by atoms with van der Waals surface area (Å²) >= 11 is 0. The minimum atomic E-state index is -0.380. The number of hydrogen-bond acceptors (Lipinski definition) is 3. The zero-order valence-electron chi connectivity index (χ0n) is 10.7. The topological polar surface area (TPSA) is 43.4 Å². The van der Waals surface area contributed by atoms with Gasteiger partial charge in [0, 0.05) is 18.4 Å². The average molecular weight is 246 g/mol. The first-order chi connectivity index (χ1) is 8.69. The molecule has 2 atom stereocenters. The molecule has 0 amide bonds. The van der Waals surface area contributed by atoms with Crippen molar-refractivity contribution in [1.29, 1.82) is 0 Å². The number of carbonyl (C=O) groups excluding carboxylic acids is 2. The molecule has 0 fully saturated rings. The first-order valence-electron chi connectivity index (χ1n) is 5.93. The molecule has 0 heterocycles. The van der Waals surface area contributed by atoms with E-state index in [-0.39, 0.29) is 17.8 Å². The largest absolute Gasteiger partial charge is 0.466 e. The zero-order valence-corrected chi connectivity index (χ0v) is 10.7. The second kappa shape index (κ2) is 7.43. The molecule has 0 unspecified atom stereocenters. The van der Waals surface area contributed by atoms with Gasteiger partial charge in [-0.15, -0.1) is 0 Å². The monoisotopic (exact) mass is 246 g/mol. The summed E-state index contributed by atoms with van der Waals surface area (Å²) in [6.07, 6.45) is 4.59. The molecule has 0 aliphatic heterocycles. The number of benzene rings is 1. The molecule has 0 saturated carbocycles. The number of carbonyl (C=O) groups is 2. The van der Waals surface area contributed by atoms with Crippen LogP contribution in [0.5, 0.6) is 0 Å². The fourth-order valence-electron chi connectivity index (χ4n) is 1.85. The van der Waals surface area contributed by atoms with E-state index in [1.54, 1.807) is 6.08 Å². The molecule has 3 heteroatoms. The third-order valence-corrected chi connectivity index (χ3v) is 2.91. The summed E-state index contributed by atoms with van der Waals surface area (Å²) in [6, 6.07) is 9.82. The lowest BCUT2D eigenvalue weighted by molar-refractivity contribution is -0.134. The normalized spacial score (nSPS) is 14.1. The van der Waals surface area contributed by atoms with Crippen LogP contribution in [0.3, 0.4) is 0 Å². The van der Waals surface area contributed by atoms with Crippen molar-refractivity contribution in [3.8, 4) is 0 Å². The highest BCUT2D eigenvalue weighted by Gasteiger charge is 2.16. The maximum atomic E-state index is 11.1. The molecule has 0 spiro atoms. The van der Waals surface area contributed by atoms with Gasteiger partial charge in [-0.2, -0.15) is 0 Å². The van der Waals surface area contributed by atoms with E-state index in [0.29, 0.717) is 6.42 Å². The van der Waals surface area contributed by atoms with E-state index in [1.807, 2.05) is 37.3 Å². The third-order valence-electron chi connectivity index (χ3n) is 2.91. The number of hydrogen-bond donors (Lipinski definition) is 0. The van der Waals surface area contributed by atoms with Gasteiger partial charge in [-0.3, -0.25) is 0 Å². The maximum absolute atomic E-state index is 11.1. The van der Waals surface area contributed by atoms with Crippen LogP contribution in [0.4, 0.5) is 0 Å². The number of allylic oxidation sites excluding steroid dienone is 1. The molecule has 0 bridgehead atoms. The Bertz CT molecular complexity index is 409. The lowest BCUT2D eigenvalue weighted by Gasteiger charge is -2.19. The third kappa shape index (κ3) is 4.17. The lowest BCUT2D eigenvalue weighted by Crippen LogP contribution is -2.09. The predicted octanol–water partition coefficient (Wildman–Crippen LogP) is 2.72. The first-order valence-corrected chi connectivity index (χ1v) is 5.93. The van der Waals surface area contributed by atoms with Crippen molar-refractivity contribution in [3.05, 3.63) is 48.0 Å². The Labute approximate surface area is 107 Å². The molecule has 0 saturated heterocycles. The summed E-state index contributed by atoms with van der Waals surface area (Å²) in [4.78, 5) is 21.8. The van der Waals surface area contributed by atoms with Crippen molar-refractivity contribution in [3.63, 3.8) is 0 Å². The predicted molar refractivity (Wildman–Crippen MR) is 70.2 cm³/mol. The molecule has 0 aromatic heterocycles. The van der Waals surface area contributed by atoms with Crippen LogP contribution in [0.25, 0.3) is 0 Å². The van der Waals surface area contributed by atoms with E-state index in [0.717, 1.165) is 11.8 Å². The van der Waals surface area contributed by atoms with Crippen LogP contribution < -0.4 is 0 Å². The number of esters is 1. The van der Waals surface area contributed by atoms with Gasteiger partial charge < -0.3 is 9.53 Å². The zero-order chi connectivity index (χ0) is 13.4. The molecule has 3 nitrogen and oxygen atoms in total. The second-order valence-corrected chi connectivity index (χ2v) is 4.20. The standard InChI is InChI=1S/C15H18O3/c1-12(10-11-16)14(8-9-15(17)18-2)13-6-4-3-5-7-13/h3-9,11-12,14H,10H2,1-2H3/b9-8+/t12-,14+/m1/s1. The van der Waals surface area contributed by atoms with E-state index in [2.05, 4.69) is 4.74 Å². The highest BCUT2D eigenvalue weighted by molar-refractivity contribution is 5.81. The Morgan fingerprint density at radius 1 is 1.33 bits per heavy atom. The van der Waals surface area contributed by atoms with E-state index < -0.39 is 0 Å². The van der Waals surface area contributed by atoms with Gasteiger partial charge in [0.25, 0.3) is 0 Å². The molecule has 0 N–H and O–H groups in total. The maximum Gasteiger partial charge on any atom is 0.330 e.